The third-order valence-electron chi connectivity index (χ3n) is 19.6. The SMILES string of the molecule is CCCCCCCCCCCCCCCCCCCCCC/C=C/CC/C=C/CC/C=C/C(O)C(COP(=O)([O-])OCC[N+](C)(C)C)NC(=O)CCCCCCCCCCCCCCCCCCCCCCCCCCCCCCCCCCCCCCCCCCC. The van der Waals surface area contributed by atoms with Crippen molar-refractivity contribution in [1.29, 1.82) is 0 Å². The van der Waals surface area contributed by atoms with Crippen molar-refractivity contribution in [1.82, 2.24) is 5.32 Å². The Bertz CT molecular complexity index is 1610. The molecule has 1 amide bonds. The largest absolute Gasteiger partial charge is 0.756 e. The van der Waals surface area contributed by atoms with Crippen LogP contribution in [0, 0.1) is 0 Å². The van der Waals surface area contributed by atoms with Crippen LogP contribution < -0.4 is 10.2 Å². The summed E-state index contributed by atoms with van der Waals surface area (Å²) in [7, 11) is 1.26. The number of amides is 1. The molecule has 0 aliphatic heterocycles. The number of nitrogens with one attached hydrogen (secondary N) is 1. The van der Waals surface area contributed by atoms with Gasteiger partial charge >= 0.3 is 0 Å². The molecule has 0 aromatic carbocycles. The lowest BCUT2D eigenvalue weighted by Crippen LogP contribution is -2.45. The van der Waals surface area contributed by atoms with Gasteiger partial charge in [-0.2, -0.15) is 0 Å². The normalized spacial score (nSPS) is 13.6. The number of hydrogen-bond acceptors (Lipinski definition) is 6. The molecule has 0 aliphatic carbocycles. The number of carbonyl (C=O) groups excluding carboxylic acids is 1. The molecular weight excluding hydrogens is 1160 g/mol. The summed E-state index contributed by atoms with van der Waals surface area (Å²) in [6.07, 6.45) is 102. The van der Waals surface area contributed by atoms with E-state index in [-0.39, 0.29) is 12.5 Å². The number of aliphatic hydroxyl groups excluding tert-OH is 1. The number of allylic oxidation sites excluding steroid dienone is 5. The summed E-state index contributed by atoms with van der Waals surface area (Å²) in [6, 6.07) is -0.911. The van der Waals surface area contributed by atoms with Gasteiger partial charge in [-0.15, -0.1) is 0 Å². The zero-order valence-corrected chi connectivity index (χ0v) is 64.4. The number of phosphoric acid groups is 1. The number of aliphatic hydroxyl groups is 1. The highest BCUT2D eigenvalue weighted by Gasteiger charge is 2.23. The standard InChI is InChI=1S/C84H165N2O6P/c1-6-8-10-12-14-16-18-20-22-24-26-28-30-32-34-36-38-39-40-41-42-43-44-45-46-47-48-50-52-54-56-58-60-62-64-66-68-70-72-74-76-78-84(88)85-82(81-92-93(89,90)91-80-79-86(3,4)5)83(87)77-75-73-71-69-67-65-63-61-59-57-55-53-51-49-37-35-33-31-29-27-25-23-21-19-17-15-13-11-9-7-2/h59,61,67,69,75,77,82-83,87H,6-58,60,62-66,68,70-74,76,78-81H2,1-5H3,(H-,85,88,89,90)/b61-59+,69-67+,77-75+. The summed E-state index contributed by atoms with van der Waals surface area (Å²) in [5.41, 5.74) is 0. The summed E-state index contributed by atoms with van der Waals surface area (Å²) < 4.78 is 23.5. The van der Waals surface area contributed by atoms with Crippen molar-refractivity contribution in [3.05, 3.63) is 36.5 Å². The fourth-order valence-electron chi connectivity index (χ4n) is 13.1. The molecule has 0 aromatic heterocycles. The Kier molecular flexibility index (Phi) is 73.9. The molecule has 0 rings (SSSR count). The average Bonchev–Trinajstić information content (AvgIpc) is 2.57. The topological polar surface area (TPSA) is 108 Å². The Balaban J connectivity index is 3.93. The van der Waals surface area contributed by atoms with Gasteiger partial charge in [-0.3, -0.25) is 9.36 Å². The number of hydrogen-bond donors (Lipinski definition) is 2. The Morgan fingerprint density at radius 2 is 0.602 bits per heavy atom. The molecule has 0 fully saturated rings. The van der Waals surface area contributed by atoms with Gasteiger partial charge in [0.15, 0.2) is 0 Å². The monoisotopic (exact) mass is 1330 g/mol. The molecule has 0 saturated carbocycles. The molecule has 552 valence electrons. The first-order valence-electron chi connectivity index (χ1n) is 41.9. The number of rotatable bonds is 79. The van der Waals surface area contributed by atoms with Gasteiger partial charge in [-0.1, -0.05) is 429 Å². The van der Waals surface area contributed by atoms with Gasteiger partial charge in [-0.25, -0.2) is 0 Å². The maximum absolute atomic E-state index is 13.1. The molecule has 0 heterocycles. The average molecular weight is 1330 g/mol. The molecule has 0 aliphatic rings. The summed E-state index contributed by atoms with van der Waals surface area (Å²) in [6.45, 7) is 4.69. The number of nitrogens with zero attached hydrogens (tertiary/aromatic N) is 1. The maximum atomic E-state index is 13.1. The molecule has 2 N–H and O–H groups in total. The lowest BCUT2D eigenvalue weighted by Gasteiger charge is -2.29. The molecular formula is C84H165N2O6P. The Labute approximate surface area is 582 Å². The summed E-state index contributed by atoms with van der Waals surface area (Å²) in [4.78, 5) is 25.7. The van der Waals surface area contributed by atoms with Crippen LogP contribution in [0.1, 0.15) is 444 Å². The Morgan fingerprint density at radius 3 is 0.871 bits per heavy atom. The van der Waals surface area contributed by atoms with E-state index in [1.54, 1.807) is 6.08 Å². The van der Waals surface area contributed by atoms with Crippen molar-refractivity contribution < 1.29 is 32.9 Å². The summed E-state index contributed by atoms with van der Waals surface area (Å²) >= 11 is 0. The number of unbranched alkanes of at least 4 members (excludes halogenated alkanes) is 62. The number of phosphoric ester groups is 1. The van der Waals surface area contributed by atoms with E-state index in [1.165, 1.54) is 379 Å². The van der Waals surface area contributed by atoms with Gasteiger partial charge in [0.25, 0.3) is 7.82 Å². The smallest absolute Gasteiger partial charge is 0.268 e. The van der Waals surface area contributed by atoms with Gasteiger partial charge < -0.3 is 28.8 Å². The fourth-order valence-corrected chi connectivity index (χ4v) is 13.9. The molecule has 0 aromatic rings. The van der Waals surface area contributed by atoms with E-state index in [0.717, 1.165) is 44.9 Å². The van der Waals surface area contributed by atoms with E-state index >= 15 is 0 Å². The molecule has 8 nitrogen and oxygen atoms in total. The molecule has 0 saturated heterocycles. The molecule has 9 heteroatoms. The van der Waals surface area contributed by atoms with Crippen LogP contribution >= 0.6 is 7.82 Å². The third kappa shape index (κ3) is 77.9. The summed E-state index contributed by atoms with van der Waals surface area (Å²) in [5, 5.41) is 14.0. The molecule has 3 atom stereocenters. The van der Waals surface area contributed by atoms with Gasteiger partial charge in [-0.05, 0) is 44.9 Å². The number of likely N-dealkylation sites (N-methyl/N-ethyl adjacent to an activating group) is 1. The number of quaternary nitrogens is 1. The van der Waals surface area contributed by atoms with Crippen LogP contribution in [-0.2, 0) is 18.4 Å². The molecule has 93 heavy (non-hydrogen) atoms. The molecule has 3 unspecified atom stereocenters. The van der Waals surface area contributed by atoms with Crippen LogP contribution in [0.25, 0.3) is 0 Å². The van der Waals surface area contributed by atoms with Crippen LogP contribution in [-0.4, -0.2) is 68.5 Å². The fraction of sp³-hybridized carbons (Fsp3) is 0.917. The lowest BCUT2D eigenvalue weighted by molar-refractivity contribution is -0.870. The van der Waals surface area contributed by atoms with E-state index < -0.39 is 26.6 Å². The quantitative estimate of drug-likeness (QED) is 0.0272. The first-order chi connectivity index (χ1) is 45.5. The van der Waals surface area contributed by atoms with E-state index in [2.05, 4.69) is 43.5 Å². The van der Waals surface area contributed by atoms with Gasteiger partial charge in [0.05, 0.1) is 39.9 Å². The van der Waals surface area contributed by atoms with Crippen molar-refractivity contribution in [2.24, 2.45) is 0 Å². The van der Waals surface area contributed by atoms with E-state index in [1.807, 2.05) is 27.2 Å². The van der Waals surface area contributed by atoms with Crippen LogP contribution in [0.2, 0.25) is 0 Å². The Morgan fingerprint density at radius 1 is 0.366 bits per heavy atom. The molecule has 0 spiro atoms. The second-order valence-corrected chi connectivity index (χ2v) is 31.6. The highest BCUT2D eigenvalue weighted by Crippen LogP contribution is 2.38. The van der Waals surface area contributed by atoms with Crippen LogP contribution in [0.15, 0.2) is 36.5 Å². The van der Waals surface area contributed by atoms with Gasteiger partial charge in [0, 0.05) is 6.42 Å². The van der Waals surface area contributed by atoms with Gasteiger partial charge in [0.1, 0.15) is 13.2 Å². The minimum Gasteiger partial charge on any atom is -0.756 e. The van der Waals surface area contributed by atoms with E-state index in [9.17, 15) is 19.4 Å². The number of carbonyl (C=O) groups is 1. The van der Waals surface area contributed by atoms with Crippen molar-refractivity contribution in [3.63, 3.8) is 0 Å². The second-order valence-electron chi connectivity index (χ2n) is 30.2. The maximum Gasteiger partial charge on any atom is 0.268 e. The van der Waals surface area contributed by atoms with E-state index in [0.29, 0.717) is 17.4 Å². The predicted octanol–water partition coefficient (Wildman–Crippen LogP) is 26.9. The lowest BCUT2D eigenvalue weighted by atomic mass is 10.0. The highest BCUT2D eigenvalue weighted by molar-refractivity contribution is 7.45. The first kappa shape index (κ1) is 91.7. The minimum absolute atomic E-state index is 0.00690. The third-order valence-corrected chi connectivity index (χ3v) is 20.5. The minimum atomic E-state index is -4.62. The second kappa shape index (κ2) is 74.9. The highest BCUT2D eigenvalue weighted by atomic mass is 31.2. The molecule has 0 bridgehead atoms. The van der Waals surface area contributed by atoms with Gasteiger partial charge in [0.2, 0.25) is 5.91 Å². The molecule has 0 radical (unpaired) electrons. The Hall–Kier alpha value is -1.28. The van der Waals surface area contributed by atoms with Crippen molar-refractivity contribution in [2.45, 2.75) is 456 Å². The van der Waals surface area contributed by atoms with Crippen LogP contribution in [0.4, 0.5) is 0 Å². The van der Waals surface area contributed by atoms with E-state index in [4.69, 9.17) is 9.05 Å². The van der Waals surface area contributed by atoms with Crippen LogP contribution in [0.5, 0.6) is 0 Å². The predicted molar refractivity (Wildman–Crippen MR) is 408 cm³/mol. The van der Waals surface area contributed by atoms with Crippen LogP contribution in [0.3, 0.4) is 0 Å². The zero-order chi connectivity index (χ0) is 67.6. The summed E-state index contributed by atoms with van der Waals surface area (Å²) in [5.74, 6) is -0.202. The van der Waals surface area contributed by atoms with Crippen molar-refractivity contribution in [2.75, 3.05) is 40.9 Å². The first-order valence-corrected chi connectivity index (χ1v) is 43.3. The van der Waals surface area contributed by atoms with Crippen molar-refractivity contribution in [3.8, 4) is 0 Å². The zero-order valence-electron chi connectivity index (χ0n) is 63.5. The van der Waals surface area contributed by atoms with Crippen molar-refractivity contribution >= 4 is 13.7 Å².